The minimum atomic E-state index is -0.332. The molecule has 0 aliphatic heterocycles. The molecule has 0 spiro atoms. The van der Waals surface area contributed by atoms with Gasteiger partial charge >= 0.3 is 0 Å². The molecular weight excluding hydrogens is 252 g/mol. The Hall–Kier alpha value is -2.20. The molecule has 4 heteroatoms. The molecule has 0 aromatic heterocycles. The highest BCUT2D eigenvalue weighted by Gasteiger charge is 2.10. The average molecular weight is 270 g/mol. The number of hydrogen-bond acceptors (Lipinski definition) is 3. The number of para-hydroxylation sites is 1. The number of nitrogens with zero attached hydrogens (tertiary/aromatic N) is 1. The monoisotopic (exact) mass is 270 g/mol. The van der Waals surface area contributed by atoms with Gasteiger partial charge in [-0.3, -0.25) is 10.1 Å². The largest absolute Gasteiger partial charge is 0.312 e. The Kier molecular flexibility index (Phi) is 5.26. The predicted octanol–water partition coefficient (Wildman–Crippen LogP) is 3.32. The lowest BCUT2D eigenvalue weighted by molar-refractivity contribution is -0.385. The Morgan fingerprint density at radius 3 is 2.45 bits per heavy atom. The van der Waals surface area contributed by atoms with Gasteiger partial charge in [0, 0.05) is 18.2 Å². The highest BCUT2D eigenvalue weighted by atomic mass is 16.6. The molecule has 0 saturated heterocycles. The molecule has 2 rings (SSSR count). The second kappa shape index (κ2) is 7.40. The van der Waals surface area contributed by atoms with Crippen molar-refractivity contribution in [3.05, 3.63) is 75.8 Å². The van der Waals surface area contributed by atoms with Gasteiger partial charge in [-0.05, 0) is 24.9 Å². The maximum Gasteiger partial charge on any atom is 0.273 e. The van der Waals surface area contributed by atoms with E-state index in [1.807, 2.05) is 24.3 Å². The van der Waals surface area contributed by atoms with Gasteiger partial charge in [-0.1, -0.05) is 48.5 Å². The van der Waals surface area contributed by atoms with Gasteiger partial charge in [-0.2, -0.15) is 0 Å². The van der Waals surface area contributed by atoms with E-state index in [0.29, 0.717) is 6.54 Å². The van der Waals surface area contributed by atoms with E-state index in [1.165, 1.54) is 5.56 Å². The minimum Gasteiger partial charge on any atom is -0.312 e. The third kappa shape index (κ3) is 4.17. The average Bonchev–Trinajstić information content (AvgIpc) is 2.48. The summed E-state index contributed by atoms with van der Waals surface area (Å²) in [5, 5.41) is 14.1. The van der Waals surface area contributed by atoms with E-state index >= 15 is 0 Å². The molecule has 0 atom stereocenters. The van der Waals surface area contributed by atoms with E-state index in [1.54, 1.807) is 18.2 Å². The molecule has 20 heavy (non-hydrogen) atoms. The molecule has 0 fully saturated rings. The van der Waals surface area contributed by atoms with E-state index in [0.717, 1.165) is 24.9 Å². The molecular formula is C16H18N2O2. The van der Waals surface area contributed by atoms with Crippen molar-refractivity contribution >= 4 is 5.69 Å². The third-order valence-electron chi connectivity index (χ3n) is 3.17. The molecule has 0 aliphatic rings. The van der Waals surface area contributed by atoms with Crippen LogP contribution in [0.4, 0.5) is 5.69 Å². The summed E-state index contributed by atoms with van der Waals surface area (Å²) in [5.74, 6) is 0. The van der Waals surface area contributed by atoms with Crippen molar-refractivity contribution in [2.75, 3.05) is 6.54 Å². The first-order valence-electron chi connectivity index (χ1n) is 6.74. The summed E-state index contributed by atoms with van der Waals surface area (Å²) in [6.07, 6.45) is 2.04. The maximum atomic E-state index is 10.9. The quantitative estimate of drug-likeness (QED) is 0.477. The summed E-state index contributed by atoms with van der Waals surface area (Å²) in [6.45, 7) is 1.38. The topological polar surface area (TPSA) is 55.2 Å². The first kappa shape index (κ1) is 14.2. The van der Waals surface area contributed by atoms with E-state index in [2.05, 4.69) is 17.4 Å². The van der Waals surface area contributed by atoms with E-state index in [-0.39, 0.29) is 10.6 Å². The number of nitro groups is 1. The molecule has 104 valence electrons. The number of aryl methyl sites for hydroxylation is 1. The third-order valence-corrected chi connectivity index (χ3v) is 3.17. The SMILES string of the molecule is O=[N+]([O-])c1ccccc1CNCCCc1ccccc1. The zero-order chi connectivity index (χ0) is 14.2. The highest BCUT2D eigenvalue weighted by molar-refractivity contribution is 5.39. The first-order chi connectivity index (χ1) is 9.77. The number of rotatable bonds is 7. The van der Waals surface area contributed by atoms with Crippen LogP contribution in [-0.2, 0) is 13.0 Å². The summed E-state index contributed by atoms with van der Waals surface area (Å²) in [4.78, 5) is 10.5. The fourth-order valence-corrected chi connectivity index (χ4v) is 2.12. The fourth-order valence-electron chi connectivity index (χ4n) is 2.12. The second-order valence-electron chi connectivity index (χ2n) is 4.65. The Morgan fingerprint density at radius 1 is 1.00 bits per heavy atom. The van der Waals surface area contributed by atoms with Gasteiger partial charge in [0.15, 0.2) is 0 Å². The summed E-state index contributed by atoms with van der Waals surface area (Å²) in [7, 11) is 0. The fraction of sp³-hybridized carbons (Fsp3) is 0.250. The Morgan fingerprint density at radius 2 is 1.70 bits per heavy atom. The van der Waals surface area contributed by atoms with Crippen LogP contribution in [0.1, 0.15) is 17.5 Å². The van der Waals surface area contributed by atoms with Crippen LogP contribution in [0.5, 0.6) is 0 Å². The van der Waals surface area contributed by atoms with E-state index in [9.17, 15) is 10.1 Å². The molecule has 0 bridgehead atoms. The van der Waals surface area contributed by atoms with Crippen molar-refractivity contribution in [2.45, 2.75) is 19.4 Å². The molecule has 1 N–H and O–H groups in total. The highest BCUT2D eigenvalue weighted by Crippen LogP contribution is 2.17. The maximum absolute atomic E-state index is 10.9. The van der Waals surface area contributed by atoms with Gasteiger partial charge in [-0.15, -0.1) is 0 Å². The summed E-state index contributed by atoms with van der Waals surface area (Å²) < 4.78 is 0. The van der Waals surface area contributed by atoms with Gasteiger partial charge in [0.1, 0.15) is 0 Å². The molecule has 0 saturated carbocycles. The minimum absolute atomic E-state index is 0.183. The van der Waals surface area contributed by atoms with Crippen LogP contribution in [0.25, 0.3) is 0 Å². The van der Waals surface area contributed by atoms with Crippen molar-refractivity contribution in [2.24, 2.45) is 0 Å². The Labute approximate surface area is 118 Å². The number of nitro benzene ring substituents is 1. The van der Waals surface area contributed by atoms with Crippen LogP contribution < -0.4 is 5.32 Å². The summed E-state index contributed by atoms with van der Waals surface area (Å²) in [5.41, 5.74) is 2.24. The van der Waals surface area contributed by atoms with Gasteiger partial charge in [0.05, 0.1) is 4.92 Å². The second-order valence-corrected chi connectivity index (χ2v) is 4.65. The van der Waals surface area contributed by atoms with Crippen LogP contribution in [0.3, 0.4) is 0 Å². The molecule has 2 aromatic rings. The van der Waals surface area contributed by atoms with Gasteiger partial charge in [0.25, 0.3) is 5.69 Å². The number of nitrogens with one attached hydrogen (secondary N) is 1. The summed E-state index contributed by atoms with van der Waals surface area (Å²) in [6, 6.07) is 17.2. The molecule has 4 nitrogen and oxygen atoms in total. The van der Waals surface area contributed by atoms with Crippen LogP contribution in [-0.4, -0.2) is 11.5 Å². The smallest absolute Gasteiger partial charge is 0.273 e. The van der Waals surface area contributed by atoms with E-state index < -0.39 is 0 Å². The lowest BCUT2D eigenvalue weighted by Gasteiger charge is -2.06. The number of benzene rings is 2. The standard InChI is InChI=1S/C16H18N2O2/c19-18(20)16-11-5-4-10-15(16)13-17-12-6-9-14-7-2-1-3-8-14/h1-5,7-8,10-11,17H,6,9,12-13H2. The number of hydrogen-bond donors (Lipinski definition) is 1. The van der Waals surface area contributed by atoms with Crippen LogP contribution in [0.2, 0.25) is 0 Å². The molecule has 0 amide bonds. The lowest BCUT2D eigenvalue weighted by Crippen LogP contribution is -2.16. The van der Waals surface area contributed by atoms with Gasteiger partial charge in [-0.25, -0.2) is 0 Å². The zero-order valence-corrected chi connectivity index (χ0v) is 11.3. The summed E-state index contributed by atoms with van der Waals surface area (Å²) >= 11 is 0. The first-order valence-corrected chi connectivity index (χ1v) is 6.74. The Balaban J connectivity index is 1.75. The van der Waals surface area contributed by atoms with E-state index in [4.69, 9.17) is 0 Å². The molecule has 0 unspecified atom stereocenters. The molecule has 0 heterocycles. The lowest BCUT2D eigenvalue weighted by atomic mass is 10.1. The predicted molar refractivity (Wildman–Crippen MR) is 79.6 cm³/mol. The van der Waals surface area contributed by atoms with Crippen molar-refractivity contribution in [1.29, 1.82) is 0 Å². The van der Waals surface area contributed by atoms with Crippen molar-refractivity contribution in [1.82, 2.24) is 5.32 Å². The van der Waals surface area contributed by atoms with Crippen LogP contribution in [0, 0.1) is 10.1 Å². The van der Waals surface area contributed by atoms with Crippen molar-refractivity contribution < 1.29 is 4.92 Å². The van der Waals surface area contributed by atoms with Gasteiger partial charge < -0.3 is 5.32 Å². The van der Waals surface area contributed by atoms with Crippen LogP contribution >= 0.6 is 0 Å². The Bertz CT molecular complexity index is 555. The normalized spacial score (nSPS) is 10.4. The van der Waals surface area contributed by atoms with Gasteiger partial charge in [0.2, 0.25) is 0 Å². The van der Waals surface area contributed by atoms with Crippen LogP contribution in [0.15, 0.2) is 54.6 Å². The molecule has 2 aromatic carbocycles. The molecule has 0 aliphatic carbocycles. The zero-order valence-electron chi connectivity index (χ0n) is 11.3. The van der Waals surface area contributed by atoms with Crippen molar-refractivity contribution in [3.8, 4) is 0 Å². The van der Waals surface area contributed by atoms with Crippen molar-refractivity contribution in [3.63, 3.8) is 0 Å². The molecule has 0 radical (unpaired) electrons.